The Morgan fingerprint density at radius 2 is 2.00 bits per heavy atom. The van der Waals surface area contributed by atoms with Crippen LogP contribution in [0.5, 0.6) is 0 Å². The van der Waals surface area contributed by atoms with Crippen LogP contribution < -0.4 is 10.2 Å². The standard InChI is InChI=1S/C17H26N2O2/c1-2-5-16-15(4-1)6-11-21-17(16)14-18-7-3-8-19-9-12-20-13-10-19/h1-2,4-5,17-18H,3,6-14H2/p+2/t17-/m0/s1. The molecule has 1 fully saturated rings. The minimum absolute atomic E-state index is 0.283. The first kappa shape index (κ1) is 15.0. The molecule has 3 N–H and O–H groups in total. The maximum atomic E-state index is 5.95. The van der Waals surface area contributed by atoms with Crippen molar-refractivity contribution < 1.29 is 19.7 Å². The summed E-state index contributed by atoms with van der Waals surface area (Å²) < 4.78 is 11.3. The predicted octanol–water partition coefficient (Wildman–Crippen LogP) is -0.831. The normalized spacial score (nSPS) is 23.0. The smallest absolute Gasteiger partial charge is 0.131 e. The van der Waals surface area contributed by atoms with Crippen molar-refractivity contribution in [3.05, 3.63) is 35.4 Å². The lowest BCUT2D eigenvalue weighted by Crippen LogP contribution is -3.14. The van der Waals surface area contributed by atoms with E-state index in [1.807, 2.05) is 0 Å². The average molecular weight is 292 g/mol. The number of hydrogen-bond acceptors (Lipinski definition) is 2. The van der Waals surface area contributed by atoms with Crippen LogP contribution in [0.15, 0.2) is 24.3 Å². The Morgan fingerprint density at radius 1 is 1.14 bits per heavy atom. The summed E-state index contributed by atoms with van der Waals surface area (Å²) in [6.45, 7) is 8.63. The van der Waals surface area contributed by atoms with Gasteiger partial charge in [-0.15, -0.1) is 0 Å². The monoisotopic (exact) mass is 292 g/mol. The first-order valence-electron chi connectivity index (χ1n) is 8.36. The molecule has 0 saturated carbocycles. The molecule has 0 bridgehead atoms. The van der Waals surface area contributed by atoms with Gasteiger partial charge in [-0.25, -0.2) is 0 Å². The van der Waals surface area contributed by atoms with Gasteiger partial charge in [0, 0.05) is 6.42 Å². The zero-order chi connectivity index (χ0) is 14.3. The van der Waals surface area contributed by atoms with Crippen LogP contribution in [0.3, 0.4) is 0 Å². The van der Waals surface area contributed by atoms with Crippen LogP contribution in [-0.4, -0.2) is 52.5 Å². The van der Waals surface area contributed by atoms with Gasteiger partial charge >= 0.3 is 0 Å². The lowest BCUT2D eigenvalue weighted by Gasteiger charge is -2.25. The SMILES string of the molecule is c1ccc2c(c1)CCO[C@H]2C[NH2+]CCC[NH+]1CCOCC1. The first-order valence-corrected chi connectivity index (χ1v) is 8.36. The minimum atomic E-state index is 0.283. The number of hydrogen-bond donors (Lipinski definition) is 2. The molecule has 1 aromatic carbocycles. The van der Waals surface area contributed by atoms with Gasteiger partial charge in [-0.3, -0.25) is 0 Å². The number of fused-ring (bicyclic) bond motifs is 1. The number of rotatable bonds is 6. The van der Waals surface area contributed by atoms with E-state index in [1.54, 1.807) is 4.90 Å². The highest BCUT2D eigenvalue weighted by Gasteiger charge is 2.21. The van der Waals surface area contributed by atoms with E-state index < -0.39 is 0 Å². The Bertz CT molecular complexity index is 433. The van der Waals surface area contributed by atoms with Crippen molar-refractivity contribution in [3.8, 4) is 0 Å². The van der Waals surface area contributed by atoms with E-state index in [0.29, 0.717) is 0 Å². The molecule has 2 aliphatic rings. The Balaban J connectivity index is 1.36. The molecule has 0 aromatic heterocycles. The second kappa shape index (κ2) is 7.90. The molecule has 3 rings (SSSR count). The van der Waals surface area contributed by atoms with E-state index in [-0.39, 0.29) is 6.10 Å². The second-order valence-electron chi connectivity index (χ2n) is 6.09. The van der Waals surface area contributed by atoms with E-state index in [9.17, 15) is 0 Å². The number of nitrogens with one attached hydrogen (secondary N) is 1. The van der Waals surface area contributed by atoms with E-state index in [4.69, 9.17) is 9.47 Å². The van der Waals surface area contributed by atoms with Crippen LogP contribution in [0.25, 0.3) is 0 Å². The molecular formula is C17H28N2O2+2. The predicted molar refractivity (Wildman–Crippen MR) is 81.5 cm³/mol. The molecule has 0 radical (unpaired) electrons. The Morgan fingerprint density at radius 3 is 2.90 bits per heavy atom. The largest absolute Gasteiger partial charge is 0.370 e. The Hall–Kier alpha value is -0.940. The number of benzene rings is 1. The van der Waals surface area contributed by atoms with Gasteiger partial charge in [-0.2, -0.15) is 0 Å². The minimum Gasteiger partial charge on any atom is -0.370 e. The molecule has 21 heavy (non-hydrogen) atoms. The fourth-order valence-electron chi connectivity index (χ4n) is 3.35. The van der Waals surface area contributed by atoms with Crippen LogP contribution in [0, 0.1) is 0 Å². The molecule has 1 saturated heterocycles. The zero-order valence-electron chi connectivity index (χ0n) is 12.9. The van der Waals surface area contributed by atoms with Crippen molar-refractivity contribution in [1.82, 2.24) is 0 Å². The second-order valence-corrected chi connectivity index (χ2v) is 6.09. The quantitative estimate of drug-likeness (QED) is 0.672. The topological polar surface area (TPSA) is 39.5 Å². The number of nitrogens with two attached hydrogens (primary N) is 1. The average Bonchev–Trinajstić information content (AvgIpc) is 2.56. The van der Waals surface area contributed by atoms with Gasteiger partial charge in [0.1, 0.15) is 25.7 Å². The van der Waals surface area contributed by atoms with E-state index in [2.05, 4.69) is 29.6 Å². The highest BCUT2D eigenvalue weighted by Crippen LogP contribution is 2.25. The van der Waals surface area contributed by atoms with Gasteiger partial charge in [0.15, 0.2) is 0 Å². The van der Waals surface area contributed by atoms with Crippen LogP contribution in [0.1, 0.15) is 23.7 Å². The summed E-state index contributed by atoms with van der Waals surface area (Å²) in [6, 6.07) is 8.73. The van der Waals surface area contributed by atoms with Gasteiger partial charge in [-0.1, -0.05) is 24.3 Å². The van der Waals surface area contributed by atoms with Crippen molar-refractivity contribution in [2.45, 2.75) is 18.9 Å². The molecule has 0 spiro atoms. The van der Waals surface area contributed by atoms with Crippen LogP contribution in [0.4, 0.5) is 0 Å². The number of quaternary nitrogens is 2. The summed E-state index contributed by atoms with van der Waals surface area (Å²) in [4.78, 5) is 1.70. The van der Waals surface area contributed by atoms with E-state index in [1.165, 1.54) is 43.7 Å². The van der Waals surface area contributed by atoms with Crippen LogP contribution >= 0.6 is 0 Å². The van der Waals surface area contributed by atoms with Gasteiger partial charge < -0.3 is 19.7 Å². The van der Waals surface area contributed by atoms with Gasteiger partial charge in [-0.05, 0) is 17.5 Å². The Kier molecular flexibility index (Phi) is 5.63. The molecule has 2 aliphatic heterocycles. The summed E-state index contributed by atoms with van der Waals surface area (Å²) in [5.41, 5.74) is 2.87. The van der Waals surface area contributed by atoms with Crippen LogP contribution in [-0.2, 0) is 15.9 Å². The van der Waals surface area contributed by atoms with Crippen molar-refractivity contribution in [1.29, 1.82) is 0 Å². The summed E-state index contributed by atoms with van der Waals surface area (Å²) in [5, 5.41) is 2.42. The molecule has 2 heterocycles. The lowest BCUT2D eigenvalue weighted by atomic mass is 9.97. The zero-order valence-corrected chi connectivity index (χ0v) is 12.9. The van der Waals surface area contributed by atoms with Crippen LogP contribution in [0.2, 0.25) is 0 Å². The van der Waals surface area contributed by atoms with Crippen molar-refractivity contribution >= 4 is 0 Å². The maximum absolute atomic E-state index is 5.95. The molecular weight excluding hydrogens is 264 g/mol. The summed E-state index contributed by atoms with van der Waals surface area (Å²) >= 11 is 0. The first-order chi connectivity index (χ1) is 10.4. The fraction of sp³-hybridized carbons (Fsp3) is 0.647. The summed E-state index contributed by atoms with van der Waals surface area (Å²) in [6.07, 6.45) is 2.63. The fourth-order valence-corrected chi connectivity index (χ4v) is 3.35. The summed E-state index contributed by atoms with van der Waals surface area (Å²) in [5.74, 6) is 0. The third kappa shape index (κ3) is 4.27. The molecule has 1 aromatic rings. The number of morpholine rings is 1. The molecule has 0 amide bonds. The van der Waals surface area contributed by atoms with Crippen molar-refractivity contribution in [2.24, 2.45) is 0 Å². The molecule has 1 atom stereocenters. The molecule has 0 aliphatic carbocycles. The van der Waals surface area contributed by atoms with Gasteiger partial charge in [0.2, 0.25) is 0 Å². The highest BCUT2D eigenvalue weighted by molar-refractivity contribution is 5.30. The van der Waals surface area contributed by atoms with E-state index >= 15 is 0 Å². The lowest BCUT2D eigenvalue weighted by molar-refractivity contribution is -0.909. The number of ether oxygens (including phenoxy) is 2. The molecule has 4 nitrogen and oxygen atoms in total. The molecule has 0 unspecified atom stereocenters. The third-order valence-corrected chi connectivity index (χ3v) is 4.61. The highest BCUT2D eigenvalue weighted by atomic mass is 16.5. The molecule has 116 valence electrons. The third-order valence-electron chi connectivity index (χ3n) is 4.61. The maximum Gasteiger partial charge on any atom is 0.131 e. The van der Waals surface area contributed by atoms with Crippen molar-refractivity contribution in [3.63, 3.8) is 0 Å². The Labute approximate surface area is 127 Å². The summed E-state index contributed by atoms with van der Waals surface area (Å²) in [7, 11) is 0. The van der Waals surface area contributed by atoms with Gasteiger partial charge in [0.05, 0.1) is 32.9 Å². The van der Waals surface area contributed by atoms with Crippen molar-refractivity contribution in [2.75, 3.05) is 52.5 Å². The van der Waals surface area contributed by atoms with Gasteiger partial charge in [0.25, 0.3) is 0 Å². The van der Waals surface area contributed by atoms with E-state index in [0.717, 1.165) is 32.8 Å². The molecule has 4 heteroatoms.